The molecule has 2 aliphatic rings. The normalized spacial score (nSPS) is 18.3. The van der Waals surface area contributed by atoms with E-state index in [-0.39, 0.29) is 54.3 Å². The molecule has 0 saturated carbocycles. The molecule has 2 saturated heterocycles. The lowest BCUT2D eigenvalue weighted by Gasteiger charge is -2.43. The molecule has 2 amide bonds. The Morgan fingerprint density at radius 1 is 1.00 bits per heavy atom. The molecule has 288 valence electrons. The van der Waals surface area contributed by atoms with E-state index in [9.17, 15) is 23.9 Å². The van der Waals surface area contributed by atoms with Gasteiger partial charge in [-0.3, -0.25) is 23.9 Å². The molecule has 0 radical (unpaired) electrons. The molecular weight excluding hydrogens is 734 g/mol. The summed E-state index contributed by atoms with van der Waals surface area (Å²) in [5.74, 6) is -1.05. The maximum atomic E-state index is 14.3. The standard InChI is InChI=1S/C42H42FN7O5S/c1-26-9-10-29(22-44-26)38-46-27(2)36(56-38)41(53)48-17-13-31(33(23-48)28-7-5-4-6-8-28)39(51)47-19-15-42(54,16-20-47)24-49-25-45-37-32(40(49)52)14-18-50(37)30-11-12-34(43)35(21-30)55-3/h4-12,14,18,21-22,25,31,33,54H,13,15-17,19-20,23-24H2,1-3H3/t31-,33+/m1/s1. The largest absolute Gasteiger partial charge is 0.494 e. The van der Waals surface area contributed by atoms with Crippen LogP contribution in [0.3, 0.4) is 0 Å². The molecular formula is C42H42FN7O5S. The zero-order valence-electron chi connectivity index (χ0n) is 31.4. The number of likely N-dealkylation sites (tertiary alicyclic amines) is 2. The minimum Gasteiger partial charge on any atom is -0.494 e. The van der Waals surface area contributed by atoms with Crippen LogP contribution in [-0.4, -0.2) is 89.7 Å². The van der Waals surface area contributed by atoms with Crippen molar-refractivity contribution in [1.29, 1.82) is 0 Å². The van der Waals surface area contributed by atoms with Crippen LogP contribution in [0.15, 0.2) is 90.2 Å². The molecule has 14 heteroatoms. The van der Waals surface area contributed by atoms with Crippen LogP contribution in [0.5, 0.6) is 5.75 Å². The Hall–Kier alpha value is -5.73. The number of thiazole rings is 1. The summed E-state index contributed by atoms with van der Waals surface area (Å²) in [7, 11) is 1.39. The number of rotatable bonds is 8. The van der Waals surface area contributed by atoms with E-state index in [1.807, 2.05) is 66.1 Å². The molecule has 6 heterocycles. The number of hydrogen-bond acceptors (Lipinski definition) is 9. The summed E-state index contributed by atoms with van der Waals surface area (Å²) >= 11 is 1.37. The van der Waals surface area contributed by atoms with Gasteiger partial charge in [0, 0.05) is 67.7 Å². The summed E-state index contributed by atoms with van der Waals surface area (Å²) in [5.41, 5.74) is 2.91. The van der Waals surface area contributed by atoms with Crippen LogP contribution in [0.1, 0.15) is 51.8 Å². The molecule has 2 aromatic carbocycles. The summed E-state index contributed by atoms with van der Waals surface area (Å²) in [4.78, 5) is 59.8. The van der Waals surface area contributed by atoms with Gasteiger partial charge in [0.15, 0.2) is 17.2 Å². The third-order valence-corrected chi connectivity index (χ3v) is 12.3. The van der Waals surface area contributed by atoms with Gasteiger partial charge in [0.2, 0.25) is 5.91 Å². The fourth-order valence-corrected chi connectivity index (χ4v) is 8.98. The van der Waals surface area contributed by atoms with Crippen molar-refractivity contribution >= 4 is 34.2 Å². The van der Waals surface area contributed by atoms with Gasteiger partial charge >= 0.3 is 0 Å². The molecule has 8 rings (SSSR count). The first kappa shape index (κ1) is 37.2. The molecule has 0 bridgehead atoms. The fraction of sp³-hybridized carbons (Fsp3) is 0.333. The average Bonchev–Trinajstić information content (AvgIpc) is 3.83. The van der Waals surface area contributed by atoms with E-state index in [4.69, 9.17) is 9.72 Å². The molecule has 1 N–H and O–H groups in total. The zero-order valence-corrected chi connectivity index (χ0v) is 32.2. The number of amides is 2. The van der Waals surface area contributed by atoms with Gasteiger partial charge < -0.3 is 24.2 Å². The zero-order chi connectivity index (χ0) is 39.1. The van der Waals surface area contributed by atoms with Crippen molar-refractivity contribution in [2.45, 2.75) is 51.2 Å². The van der Waals surface area contributed by atoms with Gasteiger partial charge in [0.05, 0.1) is 36.0 Å². The summed E-state index contributed by atoms with van der Waals surface area (Å²) in [5, 5.41) is 12.8. The number of carbonyl (C=O) groups excluding carboxylic acids is 2. The third kappa shape index (κ3) is 7.10. The number of aromatic nitrogens is 5. The number of piperidine rings is 2. The van der Waals surface area contributed by atoms with Crippen molar-refractivity contribution in [3.8, 4) is 22.0 Å². The van der Waals surface area contributed by atoms with Crippen molar-refractivity contribution < 1.29 is 23.8 Å². The van der Waals surface area contributed by atoms with E-state index in [0.717, 1.165) is 21.8 Å². The molecule has 0 aliphatic carbocycles. The van der Waals surface area contributed by atoms with E-state index >= 15 is 0 Å². The number of hydrogen-bond donors (Lipinski definition) is 1. The minimum atomic E-state index is -1.22. The Kier molecular flexibility index (Phi) is 10.0. The first-order chi connectivity index (χ1) is 27.0. The van der Waals surface area contributed by atoms with E-state index in [1.165, 1.54) is 41.5 Å². The third-order valence-electron chi connectivity index (χ3n) is 11.1. The Labute approximate surface area is 326 Å². The van der Waals surface area contributed by atoms with Gasteiger partial charge in [-0.25, -0.2) is 14.4 Å². The number of carbonyl (C=O) groups is 2. The van der Waals surface area contributed by atoms with Gasteiger partial charge in [-0.2, -0.15) is 0 Å². The number of aryl methyl sites for hydroxylation is 2. The number of pyridine rings is 1. The summed E-state index contributed by atoms with van der Waals surface area (Å²) in [6, 6.07) is 19.8. The van der Waals surface area contributed by atoms with Crippen molar-refractivity contribution in [1.82, 2.24) is 33.9 Å². The molecule has 56 heavy (non-hydrogen) atoms. The Balaban J connectivity index is 0.950. The van der Waals surface area contributed by atoms with Crippen molar-refractivity contribution in [2.75, 3.05) is 33.3 Å². The number of aliphatic hydroxyl groups is 1. The molecule has 4 aromatic heterocycles. The summed E-state index contributed by atoms with van der Waals surface area (Å²) in [6.45, 7) is 5.30. The number of fused-ring (bicyclic) bond motifs is 1. The fourth-order valence-electron chi connectivity index (χ4n) is 7.95. The van der Waals surface area contributed by atoms with Gasteiger partial charge in [-0.15, -0.1) is 11.3 Å². The predicted molar refractivity (Wildman–Crippen MR) is 211 cm³/mol. The highest BCUT2D eigenvalue weighted by molar-refractivity contribution is 7.17. The molecule has 0 unspecified atom stereocenters. The van der Waals surface area contributed by atoms with Gasteiger partial charge in [-0.05, 0) is 69.0 Å². The predicted octanol–water partition coefficient (Wildman–Crippen LogP) is 5.77. The van der Waals surface area contributed by atoms with Crippen LogP contribution >= 0.6 is 11.3 Å². The highest BCUT2D eigenvalue weighted by Gasteiger charge is 2.42. The van der Waals surface area contributed by atoms with Crippen LogP contribution in [0.4, 0.5) is 4.39 Å². The highest BCUT2D eigenvalue weighted by Crippen LogP contribution is 2.37. The molecule has 2 aliphatic heterocycles. The second-order valence-electron chi connectivity index (χ2n) is 14.8. The van der Waals surface area contributed by atoms with Crippen molar-refractivity contribution in [2.24, 2.45) is 5.92 Å². The lowest BCUT2D eigenvalue weighted by molar-refractivity contribution is -0.142. The molecule has 2 fully saturated rings. The number of halogens is 1. The van der Waals surface area contributed by atoms with Gasteiger partial charge in [-0.1, -0.05) is 30.3 Å². The topological polar surface area (TPSA) is 136 Å². The number of nitrogens with zero attached hydrogens (tertiary/aromatic N) is 7. The Morgan fingerprint density at radius 3 is 2.52 bits per heavy atom. The monoisotopic (exact) mass is 775 g/mol. The Morgan fingerprint density at radius 2 is 1.79 bits per heavy atom. The smallest absolute Gasteiger partial charge is 0.265 e. The van der Waals surface area contributed by atoms with E-state index < -0.39 is 11.4 Å². The van der Waals surface area contributed by atoms with Crippen LogP contribution in [0, 0.1) is 25.6 Å². The highest BCUT2D eigenvalue weighted by atomic mass is 32.1. The van der Waals surface area contributed by atoms with Crippen LogP contribution < -0.4 is 10.3 Å². The number of ether oxygens (including phenoxy) is 1. The van der Waals surface area contributed by atoms with Crippen LogP contribution in [0.2, 0.25) is 0 Å². The second-order valence-corrected chi connectivity index (χ2v) is 15.8. The van der Waals surface area contributed by atoms with Gasteiger partial charge in [0.1, 0.15) is 16.2 Å². The second kappa shape index (κ2) is 15.1. The SMILES string of the molecule is COc1cc(-n2ccc3c(=O)n(CC4(O)CCN(C(=O)[C@@H]5CCN(C(=O)c6sc(-c7ccc(C)nc7)nc6C)C[C@H]5c5ccccc5)CC4)cnc32)ccc1F. The minimum absolute atomic E-state index is 0.00940. The van der Waals surface area contributed by atoms with Crippen LogP contribution in [0.25, 0.3) is 27.3 Å². The lowest BCUT2D eigenvalue weighted by atomic mass is 9.79. The van der Waals surface area contributed by atoms with E-state index in [2.05, 4.69) is 9.97 Å². The Bertz CT molecular complexity index is 2470. The van der Waals surface area contributed by atoms with E-state index in [1.54, 1.807) is 29.1 Å². The quantitative estimate of drug-likeness (QED) is 0.206. The average molecular weight is 776 g/mol. The van der Waals surface area contributed by atoms with Crippen LogP contribution in [-0.2, 0) is 11.3 Å². The van der Waals surface area contributed by atoms with Crippen molar-refractivity contribution in [3.05, 3.63) is 123 Å². The van der Waals surface area contributed by atoms with Crippen molar-refractivity contribution in [3.63, 3.8) is 0 Å². The maximum Gasteiger partial charge on any atom is 0.265 e. The van der Waals surface area contributed by atoms with E-state index in [0.29, 0.717) is 59.9 Å². The lowest BCUT2D eigenvalue weighted by Crippen LogP contribution is -2.53. The van der Waals surface area contributed by atoms with Gasteiger partial charge in [0.25, 0.3) is 11.5 Å². The molecule has 2 atom stereocenters. The maximum absolute atomic E-state index is 14.3. The number of methoxy groups -OCH3 is 1. The summed E-state index contributed by atoms with van der Waals surface area (Å²) in [6.07, 6.45) is 5.97. The summed E-state index contributed by atoms with van der Waals surface area (Å²) < 4.78 is 22.3. The molecule has 0 spiro atoms. The first-order valence-electron chi connectivity index (χ1n) is 18.7. The number of benzene rings is 2. The first-order valence-corrected chi connectivity index (χ1v) is 19.5. The molecule has 6 aromatic rings. The molecule has 12 nitrogen and oxygen atoms in total.